The number of hydrogen-bond acceptors (Lipinski definition) is 5. The van der Waals surface area contributed by atoms with Gasteiger partial charge >= 0.3 is 6.18 Å². The van der Waals surface area contributed by atoms with Crippen LogP contribution in [-0.2, 0) is 10.9 Å². The zero-order valence-electron chi connectivity index (χ0n) is 11.0. The molecule has 5 nitrogen and oxygen atoms in total. The second-order valence-electron chi connectivity index (χ2n) is 4.31. The van der Waals surface area contributed by atoms with Gasteiger partial charge in [-0.1, -0.05) is 0 Å². The highest BCUT2D eigenvalue weighted by Crippen LogP contribution is 2.28. The summed E-state index contributed by atoms with van der Waals surface area (Å²) < 4.78 is 43.0. The average molecular weight is 278 g/mol. The van der Waals surface area contributed by atoms with Crippen LogP contribution in [-0.4, -0.2) is 36.3 Å². The van der Waals surface area contributed by atoms with E-state index in [4.69, 9.17) is 10.5 Å². The number of alkyl halides is 3. The molecular weight excluding hydrogens is 261 g/mol. The van der Waals surface area contributed by atoms with Gasteiger partial charge in [-0.25, -0.2) is 9.97 Å². The van der Waals surface area contributed by atoms with Gasteiger partial charge in [-0.05, 0) is 13.8 Å². The van der Waals surface area contributed by atoms with E-state index in [0.29, 0.717) is 13.2 Å². The van der Waals surface area contributed by atoms with E-state index in [0.717, 1.165) is 0 Å². The fourth-order valence-electron chi connectivity index (χ4n) is 1.31. The normalized spacial score (nSPS) is 11.9. The van der Waals surface area contributed by atoms with Crippen molar-refractivity contribution in [2.24, 2.45) is 0 Å². The van der Waals surface area contributed by atoms with Crippen LogP contribution in [0.3, 0.4) is 0 Å². The number of nitrogen functional groups attached to an aromatic ring is 1. The largest absolute Gasteiger partial charge is 0.451 e. The van der Waals surface area contributed by atoms with Crippen molar-refractivity contribution in [3.05, 3.63) is 11.9 Å². The lowest BCUT2D eigenvalue weighted by Gasteiger charge is -2.20. The molecule has 0 aliphatic heterocycles. The van der Waals surface area contributed by atoms with E-state index in [1.165, 1.54) is 11.0 Å². The molecule has 0 aliphatic rings. The maximum atomic E-state index is 12.5. The molecule has 0 spiro atoms. The van der Waals surface area contributed by atoms with Crippen molar-refractivity contribution >= 4 is 11.6 Å². The van der Waals surface area contributed by atoms with E-state index < -0.39 is 12.0 Å². The summed E-state index contributed by atoms with van der Waals surface area (Å²) in [5.41, 5.74) is 5.36. The number of hydrogen-bond donors (Lipinski definition) is 1. The zero-order valence-corrected chi connectivity index (χ0v) is 11.0. The third kappa shape index (κ3) is 4.90. The van der Waals surface area contributed by atoms with Crippen LogP contribution in [0.5, 0.6) is 0 Å². The van der Waals surface area contributed by atoms with Crippen LogP contribution in [0.15, 0.2) is 6.07 Å². The highest BCUT2D eigenvalue weighted by atomic mass is 19.4. The molecule has 1 aromatic heterocycles. The number of aromatic nitrogens is 2. The number of likely N-dealkylation sites (N-methyl/N-ethyl adjacent to an activating group) is 1. The number of nitrogens with zero attached hydrogens (tertiary/aromatic N) is 3. The molecule has 0 aromatic carbocycles. The summed E-state index contributed by atoms with van der Waals surface area (Å²) in [5, 5.41) is 0. The van der Waals surface area contributed by atoms with Gasteiger partial charge in [0.1, 0.15) is 11.6 Å². The van der Waals surface area contributed by atoms with E-state index in [9.17, 15) is 13.2 Å². The predicted molar refractivity (Wildman–Crippen MR) is 65.8 cm³/mol. The van der Waals surface area contributed by atoms with Gasteiger partial charge in [-0.2, -0.15) is 13.2 Å². The van der Waals surface area contributed by atoms with Crippen molar-refractivity contribution in [1.29, 1.82) is 0 Å². The van der Waals surface area contributed by atoms with E-state index >= 15 is 0 Å². The van der Waals surface area contributed by atoms with Gasteiger partial charge < -0.3 is 15.4 Å². The number of nitrogens with two attached hydrogens (primary N) is 1. The highest BCUT2D eigenvalue weighted by Gasteiger charge is 2.35. The molecule has 108 valence electrons. The Morgan fingerprint density at radius 2 is 2.00 bits per heavy atom. The predicted octanol–water partition coefficient (Wildman–Crippen LogP) is 1.94. The van der Waals surface area contributed by atoms with Crippen molar-refractivity contribution in [2.75, 3.05) is 30.8 Å². The molecule has 0 fully saturated rings. The molecule has 0 radical (unpaired) electrons. The first-order chi connectivity index (χ1) is 8.70. The van der Waals surface area contributed by atoms with Crippen molar-refractivity contribution in [2.45, 2.75) is 26.1 Å². The molecular formula is C11H17F3N4O. The van der Waals surface area contributed by atoms with Crippen LogP contribution in [0.2, 0.25) is 0 Å². The average Bonchev–Trinajstić information content (AvgIpc) is 2.26. The van der Waals surface area contributed by atoms with Crippen LogP contribution < -0.4 is 10.6 Å². The van der Waals surface area contributed by atoms with Gasteiger partial charge in [0.25, 0.3) is 0 Å². The minimum absolute atomic E-state index is 0.0644. The number of ether oxygens (including phenoxy) is 1. The third-order valence-electron chi connectivity index (χ3n) is 2.25. The van der Waals surface area contributed by atoms with Gasteiger partial charge in [-0.3, -0.25) is 0 Å². The molecule has 1 heterocycles. The van der Waals surface area contributed by atoms with Crippen LogP contribution in [0.1, 0.15) is 19.7 Å². The van der Waals surface area contributed by atoms with Crippen LogP contribution in [0.25, 0.3) is 0 Å². The highest BCUT2D eigenvalue weighted by molar-refractivity contribution is 5.46. The molecule has 0 saturated heterocycles. The summed E-state index contributed by atoms with van der Waals surface area (Å²) in [7, 11) is 1.62. The lowest BCUT2D eigenvalue weighted by Crippen LogP contribution is -2.26. The first-order valence-electron chi connectivity index (χ1n) is 5.74. The van der Waals surface area contributed by atoms with E-state index in [1.807, 2.05) is 13.8 Å². The topological polar surface area (TPSA) is 64.3 Å². The summed E-state index contributed by atoms with van der Waals surface area (Å²) in [6.07, 6.45) is -4.55. The minimum Gasteiger partial charge on any atom is -0.384 e. The Morgan fingerprint density at radius 3 is 2.53 bits per heavy atom. The molecule has 2 N–H and O–H groups in total. The summed E-state index contributed by atoms with van der Waals surface area (Å²) >= 11 is 0. The van der Waals surface area contributed by atoms with Crippen molar-refractivity contribution in [3.63, 3.8) is 0 Å². The summed E-state index contributed by atoms with van der Waals surface area (Å²) in [4.78, 5) is 8.17. The number of rotatable bonds is 5. The monoisotopic (exact) mass is 278 g/mol. The van der Waals surface area contributed by atoms with Crippen LogP contribution in [0, 0.1) is 0 Å². The molecule has 8 heteroatoms. The number of anilines is 2. The Labute approximate surface area is 109 Å². The van der Waals surface area contributed by atoms with Crippen molar-refractivity contribution in [3.8, 4) is 0 Å². The van der Waals surface area contributed by atoms with Gasteiger partial charge in [0.05, 0.1) is 12.7 Å². The summed E-state index contributed by atoms with van der Waals surface area (Å²) in [6.45, 7) is 4.56. The minimum atomic E-state index is -4.61. The Kier molecular flexibility index (Phi) is 4.93. The third-order valence-corrected chi connectivity index (χ3v) is 2.25. The maximum Gasteiger partial charge on any atom is 0.451 e. The SMILES string of the molecule is CC(C)OCCN(C)c1cc(N)nc(C(F)(F)F)n1. The first kappa shape index (κ1) is 15.5. The Balaban J connectivity index is 2.79. The van der Waals surface area contributed by atoms with Gasteiger partial charge in [-0.15, -0.1) is 0 Å². The van der Waals surface area contributed by atoms with E-state index in [1.54, 1.807) is 7.05 Å². The molecule has 1 aromatic rings. The summed E-state index contributed by atoms with van der Waals surface area (Å²) in [5.74, 6) is -1.33. The Morgan fingerprint density at radius 1 is 1.37 bits per heavy atom. The smallest absolute Gasteiger partial charge is 0.384 e. The Hall–Kier alpha value is -1.57. The second kappa shape index (κ2) is 6.05. The zero-order chi connectivity index (χ0) is 14.6. The Bertz CT molecular complexity index is 423. The maximum absolute atomic E-state index is 12.5. The van der Waals surface area contributed by atoms with Crippen molar-refractivity contribution < 1.29 is 17.9 Å². The fraction of sp³-hybridized carbons (Fsp3) is 0.636. The fourth-order valence-corrected chi connectivity index (χ4v) is 1.31. The molecule has 19 heavy (non-hydrogen) atoms. The molecule has 0 amide bonds. The first-order valence-corrected chi connectivity index (χ1v) is 5.74. The van der Waals surface area contributed by atoms with Crippen molar-refractivity contribution in [1.82, 2.24) is 9.97 Å². The molecule has 0 unspecified atom stereocenters. The molecule has 1 rings (SSSR count). The molecule has 0 bridgehead atoms. The second-order valence-corrected chi connectivity index (χ2v) is 4.31. The standard InChI is InChI=1S/C11H17F3N4O/c1-7(2)19-5-4-18(3)9-6-8(15)16-10(17-9)11(12,13)14/h6-7H,4-5H2,1-3H3,(H2,15,16,17). The lowest BCUT2D eigenvalue weighted by atomic mass is 10.4. The number of halogens is 3. The van der Waals surface area contributed by atoms with Gasteiger partial charge in [0.15, 0.2) is 0 Å². The van der Waals surface area contributed by atoms with Crippen LogP contribution in [0.4, 0.5) is 24.8 Å². The van der Waals surface area contributed by atoms with E-state index in [-0.39, 0.29) is 17.7 Å². The van der Waals surface area contributed by atoms with Crippen LogP contribution >= 0.6 is 0 Å². The molecule has 0 saturated carbocycles. The van der Waals surface area contributed by atoms with E-state index in [2.05, 4.69) is 9.97 Å². The van der Waals surface area contributed by atoms with Gasteiger partial charge in [0, 0.05) is 19.7 Å². The quantitative estimate of drug-likeness (QED) is 0.891. The summed E-state index contributed by atoms with van der Waals surface area (Å²) in [6, 6.07) is 1.30. The molecule has 0 aliphatic carbocycles. The van der Waals surface area contributed by atoms with Gasteiger partial charge in [0.2, 0.25) is 5.82 Å². The lowest BCUT2D eigenvalue weighted by molar-refractivity contribution is -0.144. The molecule has 0 atom stereocenters.